The first-order chi connectivity index (χ1) is 13.4. The quantitative estimate of drug-likeness (QED) is 0.348. The number of halogens is 3. The molecule has 28 heavy (non-hydrogen) atoms. The van der Waals surface area contributed by atoms with Crippen LogP contribution in [0.25, 0.3) is 22.4 Å². The summed E-state index contributed by atoms with van der Waals surface area (Å²) in [6.07, 6.45) is 4.40. The molecule has 5 heteroatoms. The number of nitrogens with zero attached hydrogens (tertiary/aromatic N) is 2. The van der Waals surface area contributed by atoms with E-state index in [-0.39, 0.29) is 11.3 Å². The van der Waals surface area contributed by atoms with Crippen LogP contribution in [0.15, 0.2) is 53.7 Å². The lowest BCUT2D eigenvalue weighted by molar-refractivity contribution is 0.497. The second-order valence-corrected chi connectivity index (χ2v) is 6.81. The van der Waals surface area contributed by atoms with Crippen LogP contribution in [-0.4, -0.2) is 11.2 Å². The molecule has 0 saturated carbocycles. The minimum absolute atomic E-state index is 0.189. The fourth-order valence-corrected chi connectivity index (χ4v) is 2.86. The van der Waals surface area contributed by atoms with Crippen LogP contribution in [-0.2, 0) is 0 Å². The van der Waals surface area contributed by atoms with Crippen molar-refractivity contribution in [1.82, 2.24) is 4.98 Å². The van der Waals surface area contributed by atoms with Crippen molar-refractivity contribution in [2.24, 2.45) is 10.9 Å². The number of aliphatic imine (C=N–C) groups is 1. The summed E-state index contributed by atoms with van der Waals surface area (Å²) in [5, 5.41) is 0. The molecule has 0 bridgehead atoms. The van der Waals surface area contributed by atoms with E-state index in [1.165, 1.54) is 6.20 Å². The molecule has 2 aromatic carbocycles. The van der Waals surface area contributed by atoms with Gasteiger partial charge in [0.05, 0.1) is 11.4 Å². The molecule has 0 N–H and O–H groups in total. The smallest absolute Gasteiger partial charge is 0.168 e. The Balaban J connectivity index is 2.07. The summed E-state index contributed by atoms with van der Waals surface area (Å²) < 4.78 is 41.7. The molecular formula is C23H21F3N2. The number of pyridine rings is 1. The summed E-state index contributed by atoms with van der Waals surface area (Å²) in [5.74, 6) is -2.82. The van der Waals surface area contributed by atoms with Gasteiger partial charge < -0.3 is 0 Å². The highest BCUT2D eigenvalue weighted by molar-refractivity contribution is 5.82. The van der Waals surface area contributed by atoms with Crippen molar-refractivity contribution in [3.05, 3.63) is 71.7 Å². The van der Waals surface area contributed by atoms with E-state index in [1.807, 2.05) is 31.3 Å². The van der Waals surface area contributed by atoms with Gasteiger partial charge in [-0.1, -0.05) is 26.0 Å². The van der Waals surface area contributed by atoms with E-state index in [4.69, 9.17) is 0 Å². The molecule has 0 aliphatic heterocycles. The molecule has 2 nitrogen and oxygen atoms in total. The van der Waals surface area contributed by atoms with Gasteiger partial charge in [0.2, 0.25) is 0 Å². The lowest BCUT2D eigenvalue weighted by Gasteiger charge is -2.12. The van der Waals surface area contributed by atoms with Crippen molar-refractivity contribution in [2.75, 3.05) is 0 Å². The Morgan fingerprint density at radius 3 is 2.57 bits per heavy atom. The summed E-state index contributed by atoms with van der Waals surface area (Å²) in [7, 11) is 0. The molecule has 0 aliphatic carbocycles. The molecule has 1 atom stereocenters. The molecule has 3 aromatic rings. The lowest BCUT2D eigenvalue weighted by atomic mass is 9.97. The normalized spacial score (nSPS) is 12.5. The van der Waals surface area contributed by atoms with Crippen LogP contribution in [0.4, 0.5) is 18.9 Å². The fraction of sp³-hybridized carbons (Fsp3) is 0.217. The molecule has 0 amide bonds. The number of aromatic nitrogens is 1. The molecule has 1 aromatic heterocycles. The highest BCUT2D eigenvalue weighted by Gasteiger charge is 2.17. The topological polar surface area (TPSA) is 25.2 Å². The zero-order valence-electron chi connectivity index (χ0n) is 16.0. The molecule has 0 spiro atoms. The van der Waals surface area contributed by atoms with Crippen LogP contribution < -0.4 is 0 Å². The zero-order valence-corrected chi connectivity index (χ0v) is 16.0. The van der Waals surface area contributed by atoms with Crippen LogP contribution in [0.1, 0.15) is 25.8 Å². The van der Waals surface area contributed by atoms with Gasteiger partial charge in [0, 0.05) is 29.6 Å². The largest absolute Gasteiger partial charge is 0.261 e. The molecule has 3 rings (SSSR count). The van der Waals surface area contributed by atoms with E-state index in [9.17, 15) is 13.2 Å². The zero-order chi connectivity index (χ0) is 20.3. The third-order valence-corrected chi connectivity index (χ3v) is 4.68. The molecular weight excluding hydrogens is 361 g/mol. The summed E-state index contributed by atoms with van der Waals surface area (Å²) in [6, 6.07) is 10.6. The van der Waals surface area contributed by atoms with Gasteiger partial charge >= 0.3 is 0 Å². The van der Waals surface area contributed by atoms with Crippen molar-refractivity contribution in [3.8, 4) is 22.4 Å². The van der Waals surface area contributed by atoms with Crippen LogP contribution >= 0.6 is 0 Å². The highest BCUT2D eigenvalue weighted by atomic mass is 19.2. The Morgan fingerprint density at radius 1 is 1.07 bits per heavy atom. The first kappa shape index (κ1) is 19.8. The molecule has 1 heterocycles. The van der Waals surface area contributed by atoms with Crippen LogP contribution in [0.3, 0.4) is 0 Å². The van der Waals surface area contributed by atoms with Crippen molar-refractivity contribution in [1.29, 1.82) is 0 Å². The summed E-state index contributed by atoms with van der Waals surface area (Å²) in [6.45, 7) is 6.14. The number of benzene rings is 2. The van der Waals surface area contributed by atoms with E-state index in [0.29, 0.717) is 17.5 Å². The molecule has 1 unspecified atom stereocenters. The predicted octanol–water partition coefficient (Wildman–Crippen LogP) is 6.89. The van der Waals surface area contributed by atoms with Gasteiger partial charge in [0.25, 0.3) is 0 Å². The minimum Gasteiger partial charge on any atom is -0.261 e. The number of hydrogen-bond acceptors (Lipinski definition) is 2. The Hall–Kier alpha value is -2.95. The first-order valence-electron chi connectivity index (χ1n) is 9.15. The molecule has 144 valence electrons. The van der Waals surface area contributed by atoms with Gasteiger partial charge in [-0.25, -0.2) is 13.2 Å². The average molecular weight is 382 g/mol. The third kappa shape index (κ3) is 4.14. The van der Waals surface area contributed by atoms with Gasteiger partial charge in [-0.2, -0.15) is 0 Å². The second kappa shape index (κ2) is 8.38. The standard InChI is InChI=1S/C23H21F3N2/c1-4-14(2)13-28-21-8-7-16(10-15(21)3)18-6-5-9-27-23(18)19-11-17(24)12-20(25)22(19)26/h5-14H,4H2,1-3H3/b28-13-. The van der Waals surface area contributed by atoms with E-state index in [2.05, 4.69) is 23.8 Å². The van der Waals surface area contributed by atoms with Gasteiger partial charge in [-0.3, -0.25) is 9.98 Å². The Kier molecular flexibility index (Phi) is 5.93. The predicted molar refractivity (Wildman–Crippen MR) is 107 cm³/mol. The maximum Gasteiger partial charge on any atom is 0.168 e. The molecule has 0 aliphatic rings. The monoisotopic (exact) mass is 382 g/mol. The molecule has 0 radical (unpaired) electrons. The summed E-state index contributed by atoms with van der Waals surface area (Å²) >= 11 is 0. The van der Waals surface area contributed by atoms with Gasteiger partial charge in [-0.15, -0.1) is 0 Å². The lowest BCUT2D eigenvalue weighted by Crippen LogP contribution is -1.96. The SMILES string of the molecule is CCC(C)/C=N\c1ccc(-c2cccnc2-c2cc(F)cc(F)c2F)cc1C. The van der Waals surface area contributed by atoms with Gasteiger partial charge in [-0.05, 0) is 54.7 Å². The third-order valence-electron chi connectivity index (χ3n) is 4.68. The van der Waals surface area contributed by atoms with Crippen molar-refractivity contribution < 1.29 is 13.2 Å². The van der Waals surface area contributed by atoms with E-state index < -0.39 is 17.5 Å². The van der Waals surface area contributed by atoms with E-state index in [0.717, 1.165) is 29.3 Å². The Bertz CT molecular complexity index is 1030. The molecule has 0 fully saturated rings. The minimum atomic E-state index is -1.24. The second-order valence-electron chi connectivity index (χ2n) is 6.81. The first-order valence-corrected chi connectivity index (χ1v) is 9.15. The maximum absolute atomic E-state index is 14.3. The van der Waals surface area contributed by atoms with Crippen molar-refractivity contribution >= 4 is 11.9 Å². The van der Waals surface area contributed by atoms with E-state index >= 15 is 0 Å². The van der Waals surface area contributed by atoms with Gasteiger partial charge in [0.1, 0.15) is 5.82 Å². The van der Waals surface area contributed by atoms with Crippen LogP contribution in [0.5, 0.6) is 0 Å². The number of hydrogen-bond donors (Lipinski definition) is 0. The average Bonchev–Trinajstić information content (AvgIpc) is 2.69. The van der Waals surface area contributed by atoms with Crippen LogP contribution in [0, 0.1) is 30.3 Å². The number of rotatable bonds is 5. The van der Waals surface area contributed by atoms with Crippen molar-refractivity contribution in [2.45, 2.75) is 27.2 Å². The highest BCUT2D eigenvalue weighted by Crippen LogP contribution is 2.34. The Morgan fingerprint density at radius 2 is 1.86 bits per heavy atom. The van der Waals surface area contributed by atoms with E-state index in [1.54, 1.807) is 12.1 Å². The Labute approximate surface area is 162 Å². The van der Waals surface area contributed by atoms with Crippen LogP contribution in [0.2, 0.25) is 0 Å². The van der Waals surface area contributed by atoms with Crippen molar-refractivity contribution in [3.63, 3.8) is 0 Å². The fourth-order valence-electron chi connectivity index (χ4n) is 2.86. The van der Waals surface area contributed by atoms with Gasteiger partial charge in [0.15, 0.2) is 11.6 Å². The summed E-state index contributed by atoms with van der Waals surface area (Å²) in [5.41, 5.74) is 3.13. The molecule has 0 saturated heterocycles. The number of aryl methyl sites for hydroxylation is 1. The maximum atomic E-state index is 14.3. The summed E-state index contributed by atoms with van der Waals surface area (Å²) in [4.78, 5) is 8.72.